The highest BCUT2D eigenvalue weighted by molar-refractivity contribution is 8.01. The third-order valence-corrected chi connectivity index (χ3v) is 5.15. The van der Waals surface area contributed by atoms with Gasteiger partial charge < -0.3 is 10.2 Å². The number of likely N-dealkylation sites (tertiary alicyclic amines) is 1. The number of piperidine rings is 1. The maximum Gasteiger partial charge on any atom is 0.321 e. The summed E-state index contributed by atoms with van der Waals surface area (Å²) in [6.07, 6.45) is 4.01. The van der Waals surface area contributed by atoms with E-state index in [0.29, 0.717) is 5.13 Å². The minimum absolute atomic E-state index is 0.242. The maximum absolute atomic E-state index is 11.8. The standard InChI is InChI=1S/C14H25N5OS2/c1-14(2,3)16-11(20)15-12-17-18-13(22-12)21-10-9-19-7-5-4-6-8-19/h4-10H2,1-3H3,(H2,15,16,17,20). The molecule has 1 aliphatic heterocycles. The Kier molecular flexibility index (Phi) is 6.46. The summed E-state index contributed by atoms with van der Waals surface area (Å²) < 4.78 is 0.906. The van der Waals surface area contributed by atoms with Gasteiger partial charge >= 0.3 is 6.03 Å². The van der Waals surface area contributed by atoms with Gasteiger partial charge in [-0.3, -0.25) is 5.32 Å². The van der Waals surface area contributed by atoms with Gasteiger partial charge in [0.1, 0.15) is 0 Å². The molecule has 2 heterocycles. The molecule has 2 N–H and O–H groups in total. The number of nitrogens with zero attached hydrogens (tertiary/aromatic N) is 3. The summed E-state index contributed by atoms with van der Waals surface area (Å²) in [7, 11) is 0. The molecular weight excluding hydrogens is 318 g/mol. The van der Waals surface area contributed by atoms with Gasteiger partial charge in [0.05, 0.1) is 0 Å². The number of rotatable bonds is 5. The van der Waals surface area contributed by atoms with Crippen molar-refractivity contribution in [3.8, 4) is 0 Å². The van der Waals surface area contributed by atoms with Gasteiger partial charge in [-0.15, -0.1) is 10.2 Å². The first-order valence-corrected chi connectivity index (χ1v) is 9.50. The van der Waals surface area contributed by atoms with Crippen molar-refractivity contribution in [1.82, 2.24) is 20.4 Å². The predicted molar refractivity (Wildman–Crippen MR) is 92.8 cm³/mol. The lowest BCUT2D eigenvalue weighted by atomic mass is 10.1. The van der Waals surface area contributed by atoms with Crippen molar-refractivity contribution in [3.63, 3.8) is 0 Å². The van der Waals surface area contributed by atoms with Gasteiger partial charge in [-0.2, -0.15) is 0 Å². The second-order valence-electron chi connectivity index (χ2n) is 6.45. The Morgan fingerprint density at radius 1 is 1.27 bits per heavy atom. The fourth-order valence-electron chi connectivity index (χ4n) is 2.23. The Hall–Kier alpha value is -0.860. The molecule has 0 radical (unpaired) electrons. The molecule has 1 aliphatic rings. The Morgan fingerprint density at radius 3 is 2.68 bits per heavy atom. The SMILES string of the molecule is CC(C)(C)NC(=O)Nc1nnc(SCCN2CCCCC2)s1. The predicted octanol–water partition coefficient (Wildman–Crippen LogP) is 3.04. The first-order valence-electron chi connectivity index (χ1n) is 7.70. The number of hydrogen-bond donors (Lipinski definition) is 2. The Labute approximate surface area is 140 Å². The molecule has 1 saturated heterocycles. The lowest BCUT2D eigenvalue weighted by Gasteiger charge is -2.25. The molecule has 22 heavy (non-hydrogen) atoms. The molecule has 0 aromatic carbocycles. The molecule has 0 aliphatic carbocycles. The Bertz CT molecular complexity index is 480. The van der Waals surface area contributed by atoms with Crippen LogP contribution in [0.3, 0.4) is 0 Å². The monoisotopic (exact) mass is 343 g/mol. The highest BCUT2D eigenvalue weighted by atomic mass is 32.2. The number of hydrogen-bond acceptors (Lipinski definition) is 6. The summed E-state index contributed by atoms with van der Waals surface area (Å²) in [6, 6.07) is -0.242. The summed E-state index contributed by atoms with van der Waals surface area (Å²) in [5.41, 5.74) is -0.263. The van der Waals surface area contributed by atoms with Crippen molar-refractivity contribution >= 4 is 34.3 Å². The van der Waals surface area contributed by atoms with E-state index in [1.807, 2.05) is 20.8 Å². The molecule has 1 fully saturated rings. The van der Waals surface area contributed by atoms with E-state index in [2.05, 4.69) is 25.7 Å². The van der Waals surface area contributed by atoms with Crippen LogP contribution in [0.1, 0.15) is 40.0 Å². The van der Waals surface area contributed by atoms with Crippen LogP contribution in [0.25, 0.3) is 0 Å². The van der Waals surface area contributed by atoms with E-state index in [1.165, 1.54) is 43.7 Å². The fraction of sp³-hybridized carbons (Fsp3) is 0.786. The number of urea groups is 1. The van der Waals surface area contributed by atoms with Crippen LogP contribution in [0.2, 0.25) is 0 Å². The number of thioether (sulfide) groups is 1. The van der Waals surface area contributed by atoms with Crippen molar-refractivity contribution in [2.24, 2.45) is 0 Å². The highest BCUT2D eigenvalue weighted by Gasteiger charge is 2.15. The number of anilines is 1. The largest absolute Gasteiger partial charge is 0.333 e. The zero-order valence-electron chi connectivity index (χ0n) is 13.5. The number of carbonyl (C=O) groups is 1. The summed E-state index contributed by atoms with van der Waals surface area (Å²) in [6.45, 7) is 9.35. The van der Waals surface area contributed by atoms with E-state index in [0.717, 1.165) is 16.6 Å². The van der Waals surface area contributed by atoms with Gasteiger partial charge in [-0.1, -0.05) is 29.5 Å². The van der Waals surface area contributed by atoms with Crippen molar-refractivity contribution in [2.45, 2.75) is 49.9 Å². The molecule has 8 heteroatoms. The Morgan fingerprint density at radius 2 is 2.00 bits per heavy atom. The molecule has 1 aromatic rings. The van der Waals surface area contributed by atoms with Crippen LogP contribution in [-0.2, 0) is 0 Å². The van der Waals surface area contributed by atoms with E-state index in [4.69, 9.17) is 0 Å². The molecule has 2 amide bonds. The minimum atomic E-state index is -0.263. The van der Waals surface area contributed by atoms with Crippen LogP contribution in [0.15, 0.2) is 4.34 Å². The number of nitrogens with one attached hydrogen (secondary N) is 2. The smallest absolute Gasteiger partial charge is 0.321 e. The molecule has 0 atom stereocenters. The van der Waals surface area contributed by atoms with Gasteiger partial charge in [0.15, 0.2) is 4.34 Å². The Balaban J connectivity index is 1.70. The maximum atomic E-state index is 11.8. The van der Waals surface area contributed by atoms with Crippen LogP contribution in [0.5, 0.6) is 0 Å². The molecule has 0 bridgehead atoms. The zero-order valence-corrected chi connectivity index (χ0v) is 15.1. The van der Waals surface area contributed by atoms with Crippen LogP contribution >= 0.6 is 23.1 Å². The van der Waals surface area contributed by atoms with E-state index < -0.39 is 0 Å². The summed E-state index contributed by atoms with van der Waals surface area (Å²) in [5, 5.41) is 14.2. The topological polar surface area (TPSA) is 70.1 Å². The molecule has 0 unspecified atom stereocenters. The lowest BCUT2D eigenvalue weighted by molar-refractivity contribution is 0.242. The van der Waals surface area contributed by atoms with Crippen LogP contribution in [0, 0.1) is 0 Å². The van der Waals surface area contributed by atoms with Crippen molar-refractivity contribution in [1.29, 1.82) is 0 Å². The quantitative estimate of drug-likeness (QED) is 0.635. The zero-order chi connectivity index (χ0) is 16.0. The van der Waals surface area contributed by atoms with Gasteiger partial charge in [0, 0.05) is 17.8 Å². The van der Waals surface area contributed by atoms with Gasteiger partial charge in [-0.05, 0) is 46.7 Å². The molecule has 0 saturated carbocycles. The second kappa shape index (κ2) is 8.12. The first-order chi connectivity index (χ1) is 10.4. The van der Waals surface area contributed by atoms with Crippen LogP contribution in [-0.4, -0.2) is 52.1 Å². The van der Waals surface area contributed by atoms with E-state index in [1.54, 1.807) is 11.8 Å². The minimum Gasteiger partial charge on any atom is -0.333 e. The van der Waals surface area contributed by atoms with Crippen molar-refractivity contribution in [3.05, 3.63) is 0 Å². The average Bonchev–Trinajstić information content (AvgIpc) is 2.85. The summed E-state index contributed by atoms with van der Waals surface area (Å²) >= 11 is 3.13. The number of amides is 2. The second-order valence-corrected chi connectivity index (χ2v) is 8.77. The van der Waals surface area contributed by atoms with Gasteiger partial charge in [0.2, 0.25) is 5.13 Å². The molecule has 0 spiro atoms. The van der Waals surface area contributed by atoms with Crippen LogP contribution in [0.4, 0.5) is 9.93 Å². The molecule has 6 nitrogen and oxygen atoms in total. The number of carbonyl (C=O) groups excluding carboxylic acids is 1. The molecule has 1 aromatic heterocycles. The van der Waals surface area contributed by atoms with Crippen molar-refractivity contribution in [2.75, 3.05) is 30.7 Å². The molecule has 124 valence electrons. The molecular formula is C14H25N5OS2. The third-order valence-electron chi connectivity index (χ3n) is 3.20. The fourth-order valence-corrected chi connectivity index (χ4v) is 4.05. The first kappa shape index (κ1) is 17.5. The normalized spacial score (nSPS) is 16.5. The summed E-state index contributed by atoms with van der Waals surface area (Å²) in [5.74, 6) is 1.02. The lowest BCUT2D eigenvalue weighted by Crippen LogP contribution is -2.43. The van der Waals surface area contributed by atoms with E-state index in [9.17, 15) is 4.79 Å². The van der Waals surface area contributed by atoms with E-state index >= 15 is 0 Å². The average molecular weight is 344 g/mol. The van der Waals surface area contributed by atoms with E-state index in [-0.39, 0.29) is 11.6 Å². The highest BCUT2D eigenvalue weighted by Crippen LogP contribution is 2.25. The molecule has 2 rings (SSSR count). The third kappa shape index (κ3) is 6.50. The van der Waals surface area contributed by atoms with Gasteiger partial charge in [0.25, 0.3) is 0 Å². The number of aromatic nitrogens is 2. The summed E-state index contributed by atoms with van der Waals surface area (Å²) in [4.78, 5) is 14.3. The van der Waals surface area contributed by atoms with Crippen LogP contribution < -0.4 is 10.6 Å². The van der Waals surface area contributed by atoms with Gasteiger partial charge in [-0.25, -0.2) is 4.79 Å². The van der Waals surface area contributed by atoms with Crippen molar-refractivity contribution < 1.29 is 4.79 Å².